The van der Waals surface area contributed by atoms with Gasteiger partial charge in [-0.05, 0) is 55.3 Å². The van der Waals surface area contributed by atoms with E-state index in [0.29, 0.717) is 5.92 Å². The first-order valence-electron chi connectivity index (χ1n) is 9.07. The minimum Gasteiger partial charge on any atom is -0.363 e. The van der Waals surface area contributed by atoms with Crippen molar-refractivity contribution in [2.45, 2.75) is 19.5 Å². The van der Waals surface area contributed by atoms with Gasteiger partial charge in [0.05, 0.1) is 0 Å². The van der Waals surface area contributed by atoms with E-state index in [9.17, 15) is 4.79 Å². The average Bonchev–Trinajstić information content (AvgIpc) is 3.25. The van der Waals surface area contributed by atoms with Gasteiger partial charge >= 0.3 is 0 Å². The van der Waals surface area contributed by atoms with Crippen molar-refractivity contribution in [3.8, 4) is 0 Å². The van der Waals surface area contributed by atoms with Crippen LogP contribution in [0.25, 0.3) is 0 Å². The lowest BCUT2D eigenvalue weighted by atomic mass is 10.1. The van der Waals surface area contributed by atoms with Crippen LogP contribution in [0.1, 0.15) is 27.9 Å². The lowest BCUT2D eigenvalue weighted by Crippen LogP contribution is -2.30. The lowest BCUT2D eigenvalue weighted by Gasteiger charge is -2.19. The van der Waals surface area contributed by atoms with Gasteiger partial charge in [-0.2, -0.15) is 0 Å². The Bertz CT molecular complexity index is 748. The second kappa shape index (κ2) is 6.89. The first-order chi connectivity index (χ1) is 12.2. The molecule has 1 amide bonds. The van der Waals surface area contributed by atoms with Crippen LogP contribution in [0.5, 0.6) is 0 Å². The van der Waals surface area contributed by atoms with Crippen molar-refractivity contribution < 1.29 is 4.79 Å². The molecule has 2 aromatic rings. The molecule has 4 heteroatoms. The predicted molar refractivity (Wildman–Crippen MR) is 101 cm³/mol. The van der Waals surface area contributed by atoms with E-state index in [1.54, 1.807) is 0 Å². The van der Waals surface area contributed by atoms with E-state index < -0.39 is 0 Å². The summed E-state index contributed by atoms with van der Waals surface area (Å²) in [4.78, 5) is 17.2. The van der Waals surface area contributed by atoms with E-state index in [2.05, 4.69) is 52.5 Å². The molecule has 2 heterocycles. The van der Waals surface area contributed by atoms with Gasteiger partial charge in [0.1, 0.15) is 0 Å². The van der Waals surface area contributed by atoms with Gasteiger partial charge in [0.25, 0.3) is 5.91 Å². The number of rotatable bonds is 4. The molecule has 1 saturated heterocycles. The highest BCUT2D eigenvalue weighted by Crippen LogP contribution is 2.28. The molecule has 4 nitrogen and oxygen atoms in total. The van der Waals surface area contributed by atoms with Crippen LogP contribution < -0.4 is 10.2 Å². The van der Waals surface area contributed by atoms with Gasteiger partial charge < -0.3 is 15.1 Å². The maximum Gasteiger partial charge on any atom is 0.251 e. The average molecular weight is 335 g/mol. The van der Waals surface area contributed by atoms with Crippen molar-refractivity contribution in [2.75, 3.05) is 31.6 Å². The molecular formula is C21H25N3O. The van der Waals surface area contributed by atoms with Crippen molar-refractivity contribution in [3.63, 3.8) is 0 Å². The van der Waals surface area contributed by atoms with Crippen LogP contribution in [0.15, 0.2) is 48.5 Å². The fourth-order valence-electron chi connectivity index (χ4n) is 3.89. The van der Waals surface area contributed by atoms with Gasteiger partial charge in [-0.1, -0.05) is 30.3 Å². The summed E-state index contributed by atoms with van der Waals surface area (Å²) in [5, 5.41) is 3.11. The van der Waals surface area contributed by atoms with Gasteiger partial charge in [-0.15, -0.1) is 0 Å². The highest BCUT2D eigenvalue weighted by molar-refractivity contribution is 5.95. The smallest absolute Gasteiger partial charge is 0.251 e. The zero-order chi connectivity index (χ0) is 17.2. The third kappa shape index (κ3) is 3.54. The normalized spacial score (nSPS) is 19.9. The summed E-state index contributed by atoms with van der Waals surface area (Å²) in [5.74, 6) is 0.610. The quantitative estimate of drug-likeness (QED) is 0.933. The van der Waals surface area contributed by atoms with Gasteiger partial charge in [0, 0.05) is 37.4 Å². The second-order valence-electron chi connectivity index (χ2n) is 7.30. The zero-order valence-corrected chi connectivity index (χ0v) is 14.7. The van der Waals surface area contributed by atoms with Gasteiger partial charge in [-0.3, -0.25) is 4.79 Å². The number of nitrogens with zero attached hydrogens (tertiary/aromatic N) is 2. The van der Waals surface area contributed by atoms with E-state index in [1.165, 1.54) is 17.5 Å². The fourth-order valence-corrected chi connectivity index (χ4v) is 3.89. The molecule has 0 spiro atoms. The third-order valence-corrected chi connectivity index (χ3v) is 5.35. The van der Waals surface area contributed by atoms with Gasteiger partial charge in [0.2, 0.25) is 0 Å². The van der Waals surface area contributed by atoms with Crippen molar-refractivity contribution >= 4 is 11.6 Å². The number of carbonyl (C=O) groups excluding carboxylic acids is 1. The monoisotopic (exact) mass is 335 g/mol. The number of carbonyl (C=O) groups is 1. The fraction of sp³-hybridized carbons (Fsp3) is 0.381. The van der Waals surface area contributed by atoms with E-state index in [1.807, 2.05) is 18.2 Å². The Labute approximate surface area is 149 Å². The summed E-state index contributed by atoms with van der Waals surface area (Å²) in [6.07, 6.45) is 1.17. The number of likely N-dealkylation sites (tertiary alicyclic amines) is 1. The number of hydrogen-bond donors (Lipinski definition) is 1. The molecule has 4 rings (SSSR count). The molecule has 0 bridgehead atoms. The Morgan fingerprint density at radius 2 is 1.88 bits per heavy atom. The molecule has 2 aromatic carbocycles. The van der Waals surface area contributed by atoms with E-state index in [4.69, 9.17) is 0 Å². The number of hydrogen-bond acceptors (Lipinski definition) is 3. The summed E-state index contributed by atoms with van der Waals surface area (Å²) in [6, 6.07) is 16.5. The van der Waals surface area contributed by atoms with E-state index in [-0.39, 0.29) is 5.91 Å². The molecule has 2 aliphatic rings. The Kier molecular flexibility index (Phi) is 4.45. The maximum atomic E-state index is 12.5. The predicted octanol–water partition coefficient (Wildman–Crippen LogP) is 2.89. The molecule has 0 radical (unpaired) electrons. The second-order valence-corrected chi connectivity index (χ2v) is 7.30. The van der Waals surface area contributed by atoms with Crippen LogP contribution in [0.3, 0.4) is 0 Å². The first kappa shape index (κ1) is 16.2. The maximum absolute atomic E-state index is 12.5. The molecule has 1 atom stereocenters. The molecule has 0 unspecified atom stereocenters. The summed E-state index contributed by atoms with van der Waals surface area (Å²) >= 11 is 0. The summed E-state index contributed by atoms with van der Waals surface area (Å²) in [7, 11) is 2.14. The Morgan fingerprint density at radius 3 is 2.56 bits per heavy atom. The molecule has 2 aliphatic heterocycles. The topological polar surface area (TPSA) is 35.6 Å². The van der Waals surface area contributed by atoms with Crippen LogP contribution in [-0.2, 0) is 13.1 Å². The van der Waals surface area contributed by atoms with Gasteiger partial charge in [0.15, 0.2) is 0 Å². The van der Waals surface area contributed by atoms with E-state index >= 15 is 0 Å². The van der Waals surface area contributed by atoms with Crippen molar-refractivity contribution in [3.05, 3.63) is 65.2 Å². The number of fused-ring (bicyclic) bond motifs is 1. The number of nitrogens with one attached hydrogen (secondary N) is 1. The third-order valence-electron chi connectivity index (χ3n) is 5.35. The van der Waals surface area contributed by atoms with Crippen molar-refractivity contribution in [1.82, 2.24) is 10.2 Å². The zero-order valence-electron chi connectivity index (χ0n) is 14.7. The molecule has 130 valence electrons. The summed E-state index contributed by atoms with van der Waals surface area (Å²) in [6.45, 7) is 4.80. The molecule has 1 N–H and O–H groups in total. The summed E-state index contributed by atoms with van der Waals surface area (Å²) < 4.78 is 0. The van der Waals surface area contributed by atoms with Crippen molar-refractivity contribution in [2.24, 2.45) is 5.92 Å². The minimum absolute atomic E-state index is 0.0353. The van der Waals surface area contributed by atoms with Crippen LogP contribution in [-0.4, -0.2) is 37.5 Å². The minimum atomic E-state index is 0.0353. The Balaban J connectivity index is 1.40. The van der Waals surface area contributed by atoms with Crippen molar-refractivity contribution in [1.29, 1.82) is 0 Å². The molecule has 1 fully saturated rings. The highest BCUT2D eigenvalue weighted by Gasteiger charge is 2.21. The summed E-state index contributed by atoms with van der Waals surface area (Å²) in [5.41, 5.74) is 4.62. The van der Waals surface area contributed by atoms with Crippen LogP contribution in [0.4, 0.5) is 5.69 Å². The van der Waals surface area contributed by atoms with Crippen LogP contribution in [0.2, 0.25) is 0 Å². The van der Waals surface area contributed by atoms with Crippen LogP contribution in [0, 0.1) is 5.92 Å². The molecular weight excluding hydrogens is 310 g/mol. The molecule has 25 heavy (non-hydrogen) atoms. The van der Waals surface area contributed by atoms with Gasteiger partial charge in [-0.25, -0.2) is 0 Å². The lowest BCUT2D eigenvalue weighted by molar-refractivity contribution is 0.0947. The Hall–Kier alpha value is -2.33. The standard InChI is InChI=1S/C21H25N3O/c1-23-10-9-16(13-23)12-22-21(25)17-7-4-8-20(11-17)24-14-18-5-2-3-6-19(18)15-24/h2-8,11,16H,9-10,12-15H2,1H3,(H,22,25)/t16-/m0/s1. The largest absolute Gasteiger partial charge is 0.363 e. The Morgan fingerprint density at radius 1 is 1.12 bits per heavy atom. The molecule has 0 aromatic heterocycles. The number of benzene rings is 2. The number of amides is 1. The van der Waals surface area contributed by atoms with Crippen LogP contribution >= 0.6 is 0 Å². The SMILES string of the molecule is CN1CC[C@@H](CNC(=O)c2cccc(N3Cc4ccccc4C3)c2)C1. The van der Waals surface area contributed by atoms with E-state index in [0.717, 1.165) is 44.0 Å². The number of anilines is 1. The molecule has 0 saturated carbocycles. The highest BCUT2D eigenvalue weighted by atomic mass is 16.1. The first-order valence-corrected chi connectivity index (χ1v) is 9.07. The molecule has 0 aliphatic carbocycles.